The number of Topliss-reactive ketones (excluding diaryl/α,β-unsaturated/α-hetero) is 1. The summed E-state index contributed by atoms with van der Waals surface area (Å²) in [5.41, 5.74) is 0. The van der Waals surface area contributed by atoms with Crippen LogP contribution in [0.4, 0.5) is 0 Å². The normalized spacial score (nSPS) is 11.9. The molecule has 32 heavy (non-hydrogen) atoms. The predicted molar refractivity (Wildman–Crippen MR) is 140 cm³/mol. The molecular weight excluding hydrogens is 416 g/mol. The number of oxazole rings is 1. The van der Waals surface area contributed by atoms with E-state index in [9.17, 15) is 4.79 Å². The summed E-state index contributed by atoms with van der Waals surface area (Å²) >= 11 is 2.09. The van der Waals surface area contributed by atoms with Crippen LogP contribution in [0.5, 0.6) is 0 Å². The third-order valence-corrected chi connectivity index (χ3v) is 7.03. The Labute approximate surface area is 202 Å². The number of quaternary nitrogens is 1. The van der Waals surface area contributed by atoms with Gasteiger partial charge in [-0.2, -0.15) is 11.8 Å². The van der Waals surface area contributed by atoms with E-state index in [0.717, 1.165) is 35.9 Å². The van der Waals surface area contributed by atoms with E-state index in [0.29, 0.717) is 12.3 Å². The molecule has 0 unspecified atom stereocenters. The van der Waals surface area contributed by atoms with Crippen molar-refractivity contribution in [2.75, 3.05) is 39.2 Å². The minimum atomic E-state index is 0.0708. The summed E-state index contributed by atoms with van der Waals surface area (Å²) in [5.74, 6) is 3.82. The van der Waals surface area contributed by atoms with E-state index in [4.69, 9.17) is 4.42 Å². The van der Waals surface area contributed by atoms with E-state index in [1.165, 1.54) is 88.7 Å². The molecule has 0 amide bonds. The minimum absolute atomic E-state index is 0.0708. The van der Waals surface area contributed by atoms with Crippen molar-refractivity contribution in [1.82, 2.24) is 4.98 Å². The van der Waals surface area contributed by atoms with Gasteiger partial charge in [0.05, 0.1) is 33.9 Å². The van der Waals surface area contributed by atoms with E-state index < -0.39 is 0 Å². The molecule has 5 heteroatoms. The molecule has 0 radical (unpaired) electrons. The van der Waals surface area contributed by atoms with Crippen molar-refractivity contribution < 1.29 is 13.7 Å². The molecule has 1 aromatic rings. The Morgan fingerprint density at radius 1 is 0.844 bits per heavy atom. The molecule has 0 aliphatic rings. The van der Waals surface area contributed by atoms with Gasteiger partial charge in [-0.05, 0) is 30.8 Å². The van der Waals surface area contributed by atoms with Crippen molar-refractivity contribution in [3.8, 4) is 0 Å². The van der Waals surface area contributed by atoms with Crippen LogP contribution in [-0.2, 0) is 6.42 Å². The second-order valence-electron chi connectivity index (χ2n) is 10.3. The van der Waals surface area contributed by atoms with Gasteiger partial charge in [0, 0.05) is 19.3 Å². The van der Waals surface area contributed by atoms with Crippen molar-refractivity contribution in [1.29, 1.82) is 0 Å². The van der Waals surface area contributed by atoms with Crippen molar-refractivity contribution in [2.45, 2.75) is 110 Å². The van der Waals surface area contributed by atoms with Crippen molar-refractivity contribution in [2.24, 2.45) is 0 Å². The second-order valence-corrected chi connectivity index (χ2v) is 11.5. The number of aromatic nitrogens is 1. The number of hydrogen-bond donors (Lipinski definition) is 0. The van der Waals surface area contributed by atoms with Crippen molar-refractivity contribution >= 4 is 17.5 Å². The first kappa shape index (κ1) is 29.2. The van der Waals surface area contributed by atoms with Crippen LogP contribution >= 0.6 is 11.8 Å². The molecule has 0 aromatic carbocycles. The van der Waals surface area contributed by atoms with Gasteiger partial charge in [-0.15, -0.1) is 0 Å². The highest BCUT2D eigenvalue weighted by Gasteiger charge is 2.12. The number of hydrogen-bond acceptors (Lipinski definition) is 4. The van der Waals surface area contributed by atoms with Crippen molar-refractivity contribution in [3.63, 3.8) is 0 Å². The first-order valence-electron chi connectivity index (χ1n) is 13.3. The SMILES string of the molecule is CCCCCCCCCCCC(=O)c1ncc(CCCCCCSCCC[N+](C)(C)C)o1. The molecule has 186 valence electrons. The molecule has 0 fully saturated rings. The van der Waals surface area contributed by atoms with E-state index in [2.05, 4.69) is 44.8 Å². The number of thioether (sulfide) groups is 1. The number of carbonyl (C=O) groups is 1. The van der Waals surface area contributed by atoms with Gasteiger partial charge in [-0.25, -0.2) is 4.98 Å². The summed E-state index contributed by atoms with van der Waals surface area (Å²) in [4.78, 5) is 16.5. The van der Waals surface area contributed by atoms with Crippen LogP contribution in [0, 0.1) is 0 Å². The Morgan fingerprint density at radius 2 is 1.44 bits per heavy atom. The molecule has 1 aromatic heterocycles. The highest BCUT2D eigenvalue weighted by molar-refractivity contribution is 7.99. The maximum atomic E-state index is 12.3. The first-order valence-corrected chi connectivity index (χ1v) is 14.4. The number of ketones is 1. The maximum absolute atomic E-state index is 12.3. The molecule has 0 aliphatic heterocycles. The van der Waals surface area contributed by atoms with Gasteiger partial charge >= 0.3 is 0 Å². The first-order chi connectivity index (χ1) is 15.4. The van der Waals surface area contributed by atoms with Crippen LogP contribution in [-0.4, -0.2) is 54.4 Å². The quantitative estimate of drug-likeness (QED) is 0.0994. The summed E-state index contributed by atoms with van der Waals surface area (Å²) in [5, 5.41) is 0. The van der Waals surface area contributed by atoms with E-state index in [1.807, 2.05) is 0 Å². The topological polar surface area (TPSA) is 43.1 Å². The molecular formula is C27H51N2O2S+. The minimum Gasteiger partial charge on any atom is -0.439 e. The molecule has 0 aliphatic carbocycles. The summed E-state index contributed by atoms with van der Waals surface area (Å²) in [6.07, 6.45) is 20.8. The summed E-state index contributed by atoms with van der Waals surface area (Å²) in [6.45, 7) is 3.51. The van der Waals surface area contributed by atoms with Crippen LogP contribution in [0.25, 0.3) is 0 Å². The fraction of sp³-hybridized carbons (Fsp3) is 0.852. The number of unbranched alkanes of at least 4 members (excludes halogenated alkanes) is 11. The number of rotatable bonds is 22. The number of carbonyl (C=O) groups excluding carboxylic acids is 1. The molecule has 0 atom stereocenters. The fourth-order valence-corrected chi connectivity index (χ4v) is 4.80. The third-order valence-electron chi connectivity index (χ3n) is 5.88. The standard InChI is InChI=1S/C27H51N2O2S/c1-5-6-7-8-9-10-11-12-16-20-26(30)27-28-24-25(31-27)19-15-13-14-17-22-32-23-18-21-29(2,3)4/h24H,5-23H2,1-4H3/q+1. The van der Waals surface area contributed by atoms with E-state index in [1.54, 1.807) is 6.20 Å². The Hall–Kier alpha value is -0.810. The summed E-state index contributed by atoms with van der Waals surface area (Å²) in [6, 6.07) is 0. The lowest BCUT2D eigenvalue weighted by atomic mass is 10.1. The Kier molecular flexibility index (Phi) is 17.0. The molecule has 0 N–H and O–H groups in total. The lowest BCUT2D eigenvalue weighted by Crippen LogP contribution is -2.35. The molecule has 1 rings (SSSR count). The smallest absolute Gasteiger partial charge is 0.263 e. The average Bonchev–Trinajstić information content (AvgIpc) is 3.22. The van der Waals surface area contributed by atoms with Gasteiger partial charge < -0.3 is 8.90 Å². The third kappa shape index (κ3) is 16.8. The summed E-state index contributed by atoms with van der Waals surface area (Å²) < 4.78 is 6.78. The van der Waals surface area contributed by atoms with Gasteiger partial charge in [-0.1, -0.05) is 71.1 Å². The fourth-order valence-electron chi connectivity index (χ4n) is 3.86. The molecule has 0 saturated heterocycles. The van der Waals surface area contributed by atoms with Crippen LogP contribution in [0.15, 0.2) is 10.6 Å². The lowest BCUT2D eigenvalue weighted by molar-refractivity contribution is -0.870. The molecule has 0 bridgehead atoms. The van der Waals surface area contributed by atoms with Crippen molar-refractivity contribution in [3.05, 3.63) is 17.8 Å². The van der Waals surface area contributed by atoms with Crippen LogP contribution in [0.1, 0.15) is 120 Å². The molecule has 1 heterocycles. The van der Waals surface area contributed by atoms with Gasteiger partial charge in [0.1, 0.15) is 5.76 Å². The highest BCUT2D eigenvalue weighted by Crippen LogP contribution is 2.15. The molecule has 0 spiro atoms. The zero-order chi connectivity index (χ0) is 23.5. The van der Waals surface area contributed by atoms with Gasteiger partial charge in [-0.3, -0.25) is 4.79 Å². The summed E-state index contributed by atoms with van der Waals surface area (Å²) in [7, 11) is 6.78. The lowest BCUT2D eigenvalue weighted by Gasteiger charge is -2.23. The van der Waals surface area contributed by atoms with Crippen LogP contribution in [0.2, 0.25) is 0 Å². The van der Waals surface area contributed by atoms with E-state index in [-0.39, 0.29) is 5.78 Å². The average molecular weight is 468 g/mol. The molecule has 0 saturated carbocycles. The van der Waals surface area contributed by atoms with Crippen LogP contribution in [0.3, 0.4) is 0 Å². The van der Waals surface area contributed by atoms with Gasteiger partial charge in [0.2, 0.25) is 5.78 Å². The Balaban J connectivity index is 1.98. The van der Waals surface area contributed by atoms with E-state index >= 15 is 0 Å². The number of nitrogens with zero attached hydrogens (tertiary/aromatic N) is 2. The zero-order valence-electron chi connectivity index (χ0n) is 21.6. The zero-order valence-corrected chi connectivity index (χ0v) is 22.4. The maximum Gasteiger partial charge on any atom is 0.263 e. The highest BCUT2D eigenvalue weighted by atomic mass is 32.2. The van der Waals surface area contributed by atoms with Gasteiger partial charge in [0.25, 0.3) is 5.89 Å². The predicted octanol–water partition coefficient (Wildman–Crippen LogP) is 7.71. The van der Waals surface area contributed by atoms with Crippen LogP contribution < -0.4 is 0 Å². The molecule has 4 nitrogen and oxygen atoms in total. The Bertz CT molecular complexity index is 580. The number of aryl methyl sites for hydroxylation is 1. The van der Waals surface area contributed by atoms with Gasteiger partial charge in [0.15, 0.2) is 0 Å². The second kappa shape index (κ2) is 18.6. The Morgan fingerprint density at radius 3 is 2.12 bits per heavy atom. The largest absolute Gasteiger partial charge is 0.439 e. The monoisotopic (exact) mass is 467 g/mol.